The van der Waals surface area contributed by atoms with Crippen molar-refractivity contribution in [1.82, 2.24) is 4.90 Å². The van der Waals surface area contributed by atoms with Gasteiger partial charge in [0.25, 0.3) is 0 Å². The molecule has 3 fully saturated rings. The Hall–Kier alpha value is -1.39. The Morgan fingerprint density at radius 3 is 2.58 bits per heavy atom. The lowest BCUT2D eigenvalue weighted by Crippen LogP contribution is -2.38. The van der Waals surface area contributed by atoms with Crippen LogP contribution in [0.15, 0.2) is 30.3 Å². The second-order valence-corrected chi connectivity index (χ2v) is 7.89. The van der Waals surface area contributed by atoms with E-state index in [0.29, 0.717) is 25.0 Å². The highest BCUT2D eigenvalue weighted by molar-refractivity contribution is 5.82. The minimum Gasteiger partial charge on any atom is -0.389 e. The summed E-state index contributed by atoms with van der Waals surface area (Å²) >= 11 is 0. The van der Waals surface area contributed by atoms with Gasteiger partial charge in [-0.3, -0.25) is 4.79 Å². The number of ether oxygens (including phenoxy) is 1. The molecule has 2 bridgehead atoms. The lowest BCUT2D eigenvalue weighted by atomic mass is 10.0. The summed E-state index contributed by atoms with van der Waals surface area (Å²) in [5, 5.41) is 10.1. The average molecular weight is 329 g/mol. The zero-order chi connectivity index (χ0) is 16.7. The third-order valence-corrected chi connectivity index (χ3v) is 6.30. The summed E-state index contributed by atoms with van der Waals surface area (Å²) in [7, 11) is 1.82. The van der Waals surface area contributed by atoms with Crippen molar-refractivity contribution in [2.24, 2.45) is 29.6 Å². The number of nitrogens with zero attached hydrogens (tertiary/aromatic N) is 1. The van der Waals surface area contributed by atoms with E-state index in [1.807, 2.05) is 37.4 Å². The van der Waals surface area contributed by atoms with Gasteiger partial charge in [-0.2, -0.15) is 0 Å². The van der Waals surface area contributed by atoms with E-state index in [2.05, 4.69) is 0 Å². The van der Waals surface area contributed by atoms with Gasteiger partial charge in [0, 0.05) is 19.5 Å². The predicted molar refractivity (Wildman–Crippen MR) is 91.0 cm³/mol. The van der Waals surface area contributed by atoms with Crippen molar-refractivity contribution in [3.8, 4) is 0 Å². The van der Waals surface area contributed by atoms with Crippen LogP contribution in [0.5, 0.6) is 0 Å². The van der Waals surface area contributed by atoms with E-state index < -0.39 is 6.10 Å². The van der Waals surface area contributed by atoms with Crippen LogP contribution in [0.3, 0.4) is 0 Å². The number of likely N-dealkylation sites (N-methyl/N-ethyl adjacent to an activating group) is 1. The molecule has 3 aliphatic carbocycles. The van der Waals surface area contributed by atoms with E-state index in [-0.39, 0.29) is 18.4 Å². The molecule has 0 spiro atoms. The van der Waals surface area contributed by atoms with Gasteiger partial charge in [-0.15, -0.1) is 0 Å². The molecule has 1 aromatic rings. The van der Waals surface area contributed by atoms with Gasteiger partial charge in [-0.25, -0.2) is 0 Å². The highest BCUT2D eigenvalue weighted by Gasteiger charge is 2.67. The van der Waals surface area contributed by atoms with Crippen LogP contribution in [0.2, 0.25) is 0 Å². The van der Waals surface area contributed by atoms with Crippen LogP contribution in [-0.4, -0.2) is 42.2 Å². The quantitative estimate of drug-likeness (QED) is 0.835. The van der Waals surface area contributed by atoms with Gasteiger partial charge in [0.15, 0.2) is 0 Å². The fourth-order valence-electron chi connectivity index (χ4n) is 5.26. The van der Waals surface area contributed by atoms with Gasteiger partial charge in [0.2, 0.25) is 5.91 Å². The maximum absolute atomic E-state index is 12.6. The summed E-state index contributed by atoms with van der Waals surface area (Å²) in [4.78, 5) is 14.4. The Morgan fingerprint density at radius 1 is 1.25 bits per heavy atom. The molecule has 0 aliphatic heterocycles. The van der Waals surface area contributed by atoms with Crippen LogP contribution in [0.4, 0.5) is 0 Å². The van der Waals surface area contributed by atoms with E-state index in [9.17, 15) is 9.90 Å². The fourth-order valence-corrected chi connectivity index (χ4v) is 5.26. The molecule has 1 N–H and O–H groups in total. The van der Waals surface area contributed by atoms with E-state index in [1.54, 1.807) is 4.90 Å². The van der Waals surface area contributed by atoms with Crippen molar-refractivity contribution in [3.05, 3.63) is 35.9 Å². The molecule has 3 aliphatic rings. The summed E-state index contributed by atoms with van der Waals surface area (Å²) in [5.74, 6) is 3.42. The zero-order valence-corrected chi connectivity index (χ0v) is 14.3. The van der Waals surface area contributed by atoms with E-state index in [4.69, 9.17) is 4.74 Å². The molecule has 130 valence electrons. The molecule has 0 radical (unpaired) electrons. The van der Waals surface area contributed by atoms with Gasteiger partial charge in [0.1, 0.15) is 0 Å². The maximum atomic E-state index is 12.6. The highest BCUT2D eigenvalue weighted by Crippen LogP contribution is 2.69. The molecule has 5 unspecified atom stereocenters. The van der Waals surface area contributed by atoms with Gasteiger partial charge in [0.05, 0.1) is 19.3 Å². The van der Waals surface area contributed by atoms with Gasteiger partial charge >= 0.3 is 0 Å². The molecule has 0 saturated heterocycles. The summed E-state index contributed by atoms with van der Waals surface area (Å²) in [6.45, 7) is 1.11. The van der Waals surface area contributed by atoms with Crippen molar-refractivity contribution in [3.63, 3.8) is 0 Å². The van der Waals surface area contributed by atoms with Crippen LogP contribution < -0.4 is 0 Å². The molecule has 5 atom stereocenters. The van der Waals surface area contributed by atoms with Crippen LogP contribution in [0, 0.1) is 29.6 Å². The van der Waals surface area contributed by atoms with E-state index in [1.165, 1.54) is 19.3 Å². The topological polar surface area (TPSA) is 49.8 Å². The first-order valence-corrected chi connectivity index (χ1v) is 9.20. The molecule has 1 amide bonds. The average Bonchev–Trinajstić information content (AvgIpc) is 3.01. The minimum absolute atomic E-state index is 0.240. The Balaban J connectivity index is 1.20. The maximum Gasteiger partial charge on any atom is 0.226 e. The Labute approximate surface area is 143 Å². The number of hydrogen-bond acceptors (Lipinski definition) is 3. The zero-order valence-electron chi connectivity index (χ0n) is 14.3. The summed E-state index contributed by atoms with van der Waals surface area (Å²) < 4.78 is 5.57. The van der Waals surface area contributed by atoms with Crippen molar-refractivity contribution in [1.29, 1.82) is 0 Å². The molecule has 1 aromatic carbocycles. The van der Waals surface area contributed by atoms with Crippen LogP contribution in [-0.2, 0) is 16.1 Å². The van der Waals surface area contributed by atoms with E-state index in [0.717, 1.165) is 17.4 Å². The van der Waals surface area contributed by atoms with Crippen molar-refractivity contribution >= 4 is 5.91 Å². The van der Waals surface area contributed by atoms with Crippen LogP contribution in [0.25, 0.3) is 0 Å². The fraction of sp³-hybridized carbons (Fsp3) is 0.650. The molecular formula is C20H27NO3. The first-order chi connectivity index (χ1) is 11.6. The highest BCUT2D eigenvalue weighted by atomic mass is 16.5. The van der Waals surface area contributed by atoms with Crippen molar-refractivity contribution < 1.29 is 14.6 Å². The first kappa shape index (κ1) is 16.1. The largest absolute Gasteiger partial charge is 0.389 e. The number of carbonyl (C=O) groups is 1. The van der Waals surface area contributed by atoms with E-state index >= 15 is 0 Å². The third kappa shape index (κ3) is 2.98. The molecule has 4 nitrogen and oxygen atoms in total. The van der Waals surface area contributed by atoms with Crippen molar-refractivity contribution in [2.75, 3.05) is 20.2 Å². The smallest absolute Gasteiger partial charge is 0.226 e. The number of rotatable bonds is 7. The number of amides is 1. The van der Waals surface area contributed by atoms with Crippen molar-refractivity contribution in [2.45, 2.75) is 32.0 Å². The molecule has 3 saturated carbocycles. The number of hydrogen-bond donors (Lipinski definition) is 1. The molecule has 0 heterocycles. The second kappa shape index (κ2) is 6.49. The van der Waals surface area contributed by atoms with Gasteiger partial charge in [-0.1, -0.05) is 30.3 Å². The Morgan fingerprint density at radius 2 is 1.92 bits per heavy atom. The third-order valence-electron chi connectivity index (χ3n) is 6.30. The summed E-state index contributed by atoms with van der Waals surface area (Å²) in [5.41, 5.74) is 1.09. The SMILES string of the molecule is CN(CC(O)COCc1ccccc1)C(=O)C1C2C3CCC(C3)C12. The monoisotopic (exact) mass is 329 g/mol. The molecule has 24 heavy (non-hydrogen) atoms. The molecule has 0 aromatic heterocycles. The Kier molecular flexibility index (Phi) is 4.35. The minimum atomic E-state index is -0.627. The standard InChI is InChI=1S/C20H27NO3/c1-21(10-16(22)12-24-11-13-5-3-2-4-6-13)20(23)19-17-14-7-8-15(9-14)18(17)19/h2-6,14-19,22H,7-12H2,1H3. The van der Waals surface area contributed by atoms with Crippen LogP contribution in [0.1, 0.15) is 24.8 Å². The van der Waals surface area contributed by atoms with Gasteiger partial charge in [-0.05, 0) is 48.5 Å². The number of aliphatic hydroxyl groups is 1. The Bertz CT molecular complexity index is 574. The van der Waals surface area contributed by atoms with Gasteiger partial charge < -0.3 is 14.7 Å². The number of aliphatic hydroxyl groups excluding tert-OH is 1. The molecular weight excluding hydrogens is 302 g/mol. The lowest BCUT2D eigenvalue weighted by Gasteiger charge is -2.22. The molecule has 4 heteroatoms. The second-order valence-electron chi connectivity index (χ2n) is 7.89. The number of fused-ring (bicyclic) bond motifs is 5. The number of benzene rings is 1. The van der Waals surface area contributed by atoms with Crippen LogP contribution >= 0.6 is 0 Å². The number of carbonyl (C=O) groups excluding carboxylic acids is 1. The lowest BCUT2D eigenvalue weighted by molar-refractivity contribution is -0.134. The summed E-state index contributed by atoms with van der Waals surface area (Å²) in [6.07, 6.45) is 3.39. The summed E-state index contributed by atoms with van der Waals surface area (Å²) in [6, 6.07) is 9.92. The first-order valence-electron chi connectivity index (χ1n) is 9.20. The molecule has 4 rings (SSSR count). The predicted octanol–water partition coefficient (Wildman–Crippen LogP) is 2.31. The normalized spacial score (nSPS) is 34.0.